The highest BCUT2D eigenvalue weighted by Crippen LogP contribution is 2.34. The molecule has 0 aliphatic carbocycles. The second-order valence-electron chi connectivity index (χ2n) is 6.12. The number of nitrogens with zero attached hydrogens (tertiary/aromatic N) is 2. The van der Waals surface area contributed by atoms with Crippen LogP contribution in [0.3, 0.4) is 0 Å². The maximum absolute atomic E-state index is 8.12. The molecule has 0 spiro atoms. The van der Waals surface area contributed by atoms with Gasteiger partial charge in [0.2, 0.25) is 0 Å². The molecule has 6 nitrogen and oxygen atoms in total. The lowest BCUT2D eigenvalue weighted by Crippen LogP contribution is -2.05. The first-order chi connectivity index (χ1) is 11.3. The first-order valence-electron chi connectivity index (χ1n) is 7.75. The fraction of sp³-hybridized carbons (Fsp3) is 0.278. The molecule has 0 aliphatic rings. The normalized spacial score (nSPS) is 12.5. The van der Waals surface area contributed by atoms with E-state index in [9.17, 15) is 0 Å². The van der Waals surface area contributed by atoms with Crippen LogP contribution in [-0.2, 0) is 0 Å². The summed E-state index contributed by atoms with van der Waals surface area (Å²) in [6, 6.07) is 4.05. The van der Waals surface area contributed by atoms with Gasteiger partial charge < -0.3 is 20.7 Å². The molecule has 0 aliphatic heterocycles. The van der Waals surface area contributed by atoms with Crippen LogP contribution in [0, 0.1) is 26.2 Å². The van der Waals surface area contributed by atoms with Crippen molar-refractivity contribution >= 4 is 22.3 Å². The number of aryl methyl sites for hydroxylation is 3. The Morgan fingerprint density at radius 1 is 1.21 bits per heavy atom. The van der Waals surface area contributed by atoms with E-state index in [0.29, 0.717) is 17.0 Å². The van der Waals surface area contributed by atoms with Gasteiger partial charge in [0.1, 0.15) is 11.6 Å². The topological polar surface area (TPSA) is 105 Å². The summed E-state index contributed by atoms with van der Waals surface area (Å²) >= 11 is 0. The first kappa shape index (κ1) is 16.0. The number of hydrogen-bond donors (Lipinski definition) is 3. The van der Waals surface area contributed by atoms with E-state index >= 15 is 0 Å². The van der Waals surface area contributed by atoms with E-state index in [-0.39, 0.29) is 0 Å². The number of fused-ring (bicyclic) bond motifs is 1. The second kappa shape index (κ2) is 5.63. The molecule has 0 radical (unpaired) electrons. The molecule has 24 heavy (non-hydrogen) atoms. The van der Waals surface area contributed by atoms with E-state index in [1.807, 2.05) is 32.9 Å². The molecule has 3 rings (SSSR count). The molecule has 6 heteroatoms. The Morgan fingerprint density at radius 2 is 1.92 bits per heavy atom. The highest BCUT2D eigenvalue weighted by atomic mass is 16.5. The van der Waals surface area contributed by atoms with Gasteiger partial charge in [-0.15, -0.1) is 0 Å². The van der Waals surface area contributed by atoms with Crippen molar-refractivity contribution in [1.82, 2.24) is 15.1 Å². The van der Waals surface area contributed by atoms with Crippen LogP contribution >= 0.6 is 0 Å². The minimum atomic E-state index is 0.410. The molecule has 2 aromatic heterocycles. The average Bonchev–Trinajstić information content (AvgIpc) is 3.00. The fourth-order valence-corrected chi connectivity index (χ4v) is 3.18. The molecular formula is C18H21N5O. The van der Waals surface area contributed by atoms with E-state index in [0.717, 1.165) is 45.0 Å². The Kier molecular flexibility index (Phi) is 3.75. The van der Waals surface area contributed by atoms with Crippen LogP contribution in [0.25, 0.3) is 27.7 Å². The van der Waals surface area contributed by atoms with Crippen molar-refractivity contribution in [2.45, 2.75) is 34.6 Å². The van der Waals surface area contributed by atoms with Crippen molar-refractivity contribution in [3.63, 3.8) is 0 Å². The second-order valence-corrected chi connectivity index (χ2v) is 6.12. The smallest absolute Gasteiger partial charge is 0.141 e. The van der Waals surface area contributed by atoms with Gasteiger partial charge in [-0.2, -0.15) is 0 Å². The predicted molar refractivity (Wildman–Crippen MR) is 96.0 cm³/mol. The number of nitrogens with one attached hydrogen (secondary N) is 2. The van der Waals surface area contributed by atoms with E-state index in [2.05, 4.69) is 15.1 Å². The number of hydrogen-bond acceptors (Lipinski definition) is 5. The Bertz CT molecular complexity index is 967. The molecular weight excluding hydrogens is 302 g/mol. The van der Waals surface area contributed by atoms with Crippen molar-refractivity contribution in [3.05, 3.63) is 40.7 Å². The van der Waals surface area contributed by atoms with E-state index in [4.69, 9.17) is 15.7 Å². The third-order valence-electron chi connectivity index (χ3n) is 4.07. The standard InChI is InChI=1S/C18H21N5O/c1-8(19)16(9(2)20)14-6-13(17-10(3)23-24-11(17)4)7-15-18(14)22-12(5)21-15/h6-7,19H,20H2,1-5H3,(H,21,22). The summed E-state index contributed by atoms with van der Waals surface area (Å²) in [7, 11) is 0. The third-order valence-corrected chi connectivity index (χ3v) is 4.07. The molecule has 2 heterocycles. The summed E-state index contributed by atoms with van der Waals surface area (Å²) in [5, 5.41) is 12.2. The highest BCUT2D eigenvalue weighted by Gasteiger charge is 2.19. The van der Waals surface area contributed by atoms with Crippen LogP contribution in [-0.4, -0.2) is 20.8 Å². The Hall–Kier alpha value is -2.89. The van der Waals surface area contributed by atoms with Crippen molar-refractivity contribution in [3.8, 4) is 11.1 Å². The average molecular weight is 323 g/mol. The van der Waals surface area contributed by atoms with Gasteiger partial charge in [-0.25, -0.2) is 4.98 Å². The van der Waals surface area contributed by atoms with Gasteiger partial charge in [0.05, 0.1) is 16.7 Å². The summed E-state index contributed by atoms with van der Waals surface area (Å²) < 4.78 is 5.31. The Morgan fingerprint density at radius 3 is 2.46 bits per heavy atom. The molecule has 0 saturated carbocycles. The number of benzene rings is 1. The van der Waals surface area contributed by atoms with Crippen molar-refractivity contribution in [2.24, 2.45) is 5.73 Å². The maximum atomic E-state index is 8.12. The molecule has 4 N–H and O–H groups in total. The number of H-pyrrole nitrogens is 1. The Balaban J connectivity index is 2.40. The summed E-state index contributed by atoms with van der Waals surface area (Å²) in [5.74, 6) is 1.58. The molecule has 0 fully saturated rings. The van der Waals surface area contributed by atoms with Crippen molar-refractivity contribution < 1.29 is 4.52 Å². The molecule has 124 valence electrons. The lowest BCUT2D eigenvalue weighted by atomic mass is 9.94. The number of aromatic nitrogens is 3. The Labute approximate surface area is 140 Å². The summed E-state index contributed by atoms with van der Waals surface area (Å²) in [6.45, 7) is 9.27. The van der Waals surface area contributed by atoms with Crippen molar-refractivity contribution in [2.75, 3.05) is 0 Å². The van der Waals surface area contributed by atoms with Gasteiger partial charge in [-0.1, -0.05) is 5.16 Å². The molecule has 0 atom stereocenters. The predicted octanol–water partition coefficient (Wildman–Crippen LogP) is 3.87. The number of rotatable bonds is 3. The molecule has 3 aromatic rings. The van der Waals surface area contributed by atoms with Crippen LogP contribution in [0.15, 0.2) is 22.4 Å². The summed E-state index contributed by atoms with van der Waals surface area (Å²) in [5.41, 5.74) is 13.1. The number of allylic oxidation sites excluding steroid dienone is 2. The van der Waals surface area contributed by atoms with Gasteiger partial charge >= 0.3 is 0 Å². The first-order valence-corrected chi connectivity index (χ1v) is 7.75. The monoisotopic (exact) mass is 323 g/mol. The van der Waals surface area contributed by atoms with Gasteiger partial charge in [0.15, 0.2) is 0 Å². The van der Waals surface area contributed by atoms with Gasteiger partial charge in [0.25, 0.3) is 0 Å². The molecule has 1 aromatic carbocycles. The zero-order chi connectivity index (χ0) is 17.6. The number of imidazole rings is 1. The van der Waals surface area contributed by atoms with Crippen molar-refractivity contribution in [1.29, 1.82) is 5.41 Å². The molecule has 0 bridgehead atoms. The van der Waals surface area contributed by atoms with E-state index in [1.54, 1.807) is 13.8 Å². The van der Waals surface area contributed by atoms with Crippen LogP contribution in [0.5, 0.6) is 0 Å². The quantitative estimate of drug-likeness (QED) is 0.636. The number of aromatic amines is 1. The maximum Gasteiger partial charge on any atom is 0.141 e. The van der Waals surface area contributed by atoms with Crippen LogP contribution in [0.2, 0.25) is 0 Å². The fourth-order valence-electron chi connectivity index (χ4n) is 3.18. The molecule has 0 unspecified atom stereocenters. The van der Waals surface area contributed by atoms with Crippen LogP contribution < -0.4 is 5.73 Å². The van der Waals surface area contributed by atoms with Gasteiger partial charge in [-0.05, 0) is 52.3 Å². The summed E-state index contributed by atoms with van der Waals surface area (Å²) in [4.78, 5) is 7.86. The van der Waals surface area contributed by atoms with Crippen LogP contribution in [0.1, 0.15) is 36.7 Å². The minimum absolute atomic E-state index is 0.410. The number of nitrogens with two attached hydrogens (primary N) is 1. The lowest BCUT2D eigenvalue weighted by Gasteiger charge is -2.12. The van der Waals surface area contributed by atoms with Crippen LogP contribution in [0.4, 0.5) is 0 Å². The van der Waals surface area contributed by atoms with E-state index in [1.165, 1.54) is 0 Å². The molecule has 0 amide bonds. The highest BCUT2D eigenvalue weighted by molar-refractivity contribution is 6.24. The van der Waals surface area contributed by atoms with Gasteiger partial charge in [-0.3, -0.25) is 0 Å². The van der Waals surface area contributed by atoms with Gasteiger partial charge in [0, 0.05) is 28.1 Å². The minimum Gasteiger partial charge on any atom is -0.402 e. The van der Waals surface area contributed by atoms with E-state index < -0.39 is 0 Å². The zero-order valence-electron chi connectivity index (χ0n) is 14.5. The third kappa shape index (κ3) is 2.50. The largest absolute Gasteiger partial charge is 0.402 e. The molecule has 0 saturated heterocycles. The summed E-state index contributed by atoms with van der Waals surface area (Å²) in [6.07, 6.45) is 0. The zero-order valence-corrected chi connectivity index (χ0v) is 14.5. The SMILES string of the molecule is CC(=N)C(=C(C)N)c1cc(-c2c(C)noc2C)cc2[nH]c(C)nc12. The lowest BCUT2D eigenvalue weighted by molar-refractivity contribution is 0.393.